The van der Waals surface area contributed by atoms with Crippen LogP contribution in [0.4, 0.5) is 21.5 Å². The molecule has 0 radical (unpaired) electrons. The van der Waals surface area contributed by atoms with Gasteiger partial charge in [0.25, 0.3) is 25.7 Å². The van der Waals surface area contributed by atoms with Crippen molar-refractivity contribution in [3.05, 3.63) is 87.7 Å². The minimum absolute atomic E-state index is 0.0637. The van der Waals surface area contributed by atoms with Gasteiger partial charge in [-0.1, -0.05) is 24.3 Å². The summed E-state index contributed by atoms with van der Waals surface area (Å²) in [6.45, 7) is 2.80. The van der Waals surface area contributed by atoms with Crippen molar-refractivity contribution in [2.24, 2.45) is 0 Å². The fraction of sp³-hybridized carbons (Fsp3) is 0.100. The molecule has 9 nitrogen and oxygen atoms in total. The first-order valence-corrected chi connectivity index (χ1v) is 12.0. The van der Waals surface area contributed by atoms with Gasteiger partial charge in [-0.25, -0.2) is 21.2 Å². The Hall–Kier alpha value is -3.51. The molecule has 0 aliphatic rings. The number of rotatable bonds is 7. The van der Waals surface area contributed by atoms with Crippen molar-refractivity contribution in [3.8, 4) is 0 Å². The van der Waals surface area contributed by atoms with E-state index in [4.69, 9.17) is 0 Å². The zero-order valence-corrected chi connectivity index (χ0v) is 18.5. The van der Waals surface area contributed by atoms with Crippen LogP contribution in [0.5, 0.6) is 0 Å². The number of halogens is 1. The van der Waals surface area contributed by atoms with Gasteiger partial charge in [-0.05, 0) is 49.7 Å². The van der Waals surface area contributed by atoms with Gasteiger partial charge in [0.15, 0.2) is 0 Å². The lowest BCUT2D eigenvalue weighted by atomic mass is 10.2. The van der Waals surface area contributed by atoms with Gasteiger partial charge in [0.2, 0.25) is 0 Å². The molecule has 0 spiro atoms. The molecule has 0 fully saturated rings. The Balaban J connectivity index is 1.98. The average molecular weight is 480 g/mol. The lowest BCUT2D eigenvalue weighted by Gasteiger charge is -2.14. The van der Waals surface area contributed by atoms with Gasteiger partial charge >= 0.3 is 0 Å². The molecule has 0 saturated carbocycles. The lowest BCUT2D eigenvalue weighted by molar-refractivity contribution is -0.385. The van der Waals surface area contributed by atoms with Crippen LogP contribution >= 0.6 is 0 Å². The van der Waals surface area contributed by atoms with E-state index in [1.165, 1.54) is 62.4 Å². The molecule has 0 aliphatic heterocycles. The van der Waals surface area contributed by atoms with Crippen molar-refractivity contribution >= 4 is 37.1 Å². The first-order chi connectivity index (χ1) is 14.9. The molecule has 0 heterocycles. The van der Waals surface area contributed by atoms with Crippen molar-refractivity contribution in [3.63, 3.8) is 0 Å². The Labute approximate surface area is 184 Å². The molecular formula is C20H18FN3O6S2. The maximum atomic E-state index is 13.9. The lowest BCUT2D eigenvalue weighted by Crippen LogP contribution is -2.17. The van der Waals surface area contributed by atoms with Crippen molar-refractivity contribution < 1.29 is 26.1 Å². The van der Waals surface area contributed by atoms with Crippen LogP contribution < -0.4 is 9.44 Å². The zero-order valence-electron chi connectivity index (χ0n) is 16.9. The summed E-state index contributed by atoms with van der Waals surface area (Å²) in [6, 6.07) is 12.6. The maximum absolute atomic E-state index is 13.9. The van der Waals surface area contributed by atoms with Crippen LogP contribution in [-0.4, -0.2) is 21.8 Å². The summed E-state index contributed by atoms with van der Waals surface area (Å²) in [5.74, 6) is -0.772. The standard InChI is InChI=1S/C20H18FN3O6S2/c1-13-10-11-15(12-20(13)32(29,30)23-17-7-4-3-6-16(17)21)22-31(27,28)19-9-5-8-18(14(19)2)24(25)26/h3-12,22-23H,1-2H3. The minimum Gasteiger partial charge on any atom is -0.280 e. The highest BCUT2D eigenvalue weighted by Crippen LogP contribution is 2.28. The average Bonchev–Trinajstić information content (AvgIpc) is 2.70. The minimum atomic E-state index is -4.27. The van der Waals surface area contributed by atoms with Crippen molar-refractivity contribution in [2.45, 2.75) is 23.6 Å². The SMILES string of the molecule is Cc1ccc(NS(=O)(=O)c2cccc([N+](=O)[O-])c2C)cc1S(=O)(=O)Nc1ccccc1F. The van der Waals surface area contributed by atoms with E-state index < -0.39 is 30.8 Å². The predicted octanol–water partition coefficient (Wildman–Crippen LogP) is 3.95. The van der Waals surface area contributed by atoms with Crippen LogP contribution in [-0.2, 0) is 20.0 Å². The van der Waals surface area contributed by atoms with E-state index in [2.05, 4.69) is 9.44 Å². The van der Waals surface area contributed by atoms with Crippen LogP contribution in [0.3, 0.4) is 0 Å². The number of nitro benzene ring substituents is 1. The number of hydrogen-bond acceptors (Lipinski definition) is 6. The highest BCUT2D eigenvalue weighted by Gasteiger charge is 2.24. The van der Waals surface area contributed by atoms with Crippen molar-refractivity contribution in [1.29, 1.82) is 0 Å². The third kappa shape index (κ3) is 4.70. The molecule has 3 aromatic rings. The third-order valence-electron chi connectivity index (χ3n) is 4.59. The number of nitro groups is 1. The molecule has 12 heteroatoms. The monoisotopic (exact) mass is 479 g/mol. The Morgan fingerprint density at radius 3 is 2.16 bits per heavy atom. The van der Waals surface area contributed by atoms with Crippen molar-refractivity contribution in [2.75, 3.05) is 9.44 Å². The highest BCUT2D eigenvalue weighted by atomic mass is 32.2. The number of hydrogen-bond donors (Lipinski definition) is 2. The van der Waals surface area contributed by atoms with Gasteiger partial charge in [0, 0.05) is 11.6 Å². The quantitative estimate of drug-likeness (QED) is 0.389. The molecule has 0 aromatic heterocycles. The van der Waals surface area contributed by atoms with E-state index in [0.717, 1.165) is 12.1 Å². The molecule has 2 N–H and O–H groups in total. The van der Waals surface area contributed by atoms with E-state index in [1.54, 1.807) is 0 Å². The first-order valence-electron chi connectivity index (χ1n) is 9.07. The number of sulfonamides is 2. The molecule has 0 amide bonds. The molecule has 168 valence electrons. The molecular weight excluding hydrogens is 461 g/mol. The largest absolute Gasteiger partial charge is 0.280 e. The van der Waals surface area contributed by atoms with Crippen LogP contribution in [0.1, 0.15) is 11.1 Å². The fourth-order valence-corrected chi connectivity index (χ4v) is 5.65. The second-order valence-electron chi connectivity index (χ2n) is 6.83. The number of para-hydroxylation sites is 1. The number of aryl methyl sites for hydroxylation is 1. The topological polar surface area (TPSA) is 135 Å². The Morgan fingerprint density at radius 2 is 1.50 bits per heavy atom. The van der Waals surface area contributed by atoms with Gasteiger partial charge in [0.05, 0.1) is 26.1 Å². The molecule has 0 atom stereocenters. The van der Waals surface area contributed by atoms with Crippen LogP contribution in [0.2, 0.25) is 0 Å². The summed E-state index contributed by atoms with van der Waals surface area (Å²) in [5.41, 5.74) is -0.482. The molecule has 0 bridgehead atoms. The Kier molecular flexibility index (Phi) is 6.19. The van der Waals surface area contributed by atoms with Gasteiger partial charge < -0.3 is 0 Å². The Morgan fingerprint density at radius 1 is 0.844 bits per heavy atom. The number of anilines is 2. The predicted molar refractivity (Wildman–Crippen MR) is 117 cm³/mol. The molecule has 0 aliphatic carbocycles. The fourth-order valence-electron chi connectivity index (χ4n) is 3.00. The van der Waals surface area contributed by atoms with E-state index in [0.29, 0.717) is 5.56 Å². The number of nitrogens with one attached hydrogen (secondary N) is 2. The number of nitrogens with zero attached hydrogens (tertiary/aromatic N) is 1. The Bertz CT molecular complexity index is 1420. The number of benzene rings is 3. The van der Waals surface area contributed by atoms with E-state index in [9.17, 15) is 31.3 Å². The molecule has 0 saturated heterocycles. The van der Waals surface area contributed by atoms with Crippen molar-refractivity contribution in [1.82, 2.24) is 0 Å². The van der Waals surface area contributed by atoms with E-state index >= 15 is 0 Å². The second-order valence-corrected chi connectivity index (χ2v) is 10.1. The smallest absolute Gasteiger partial charge is 0.273 e. The van der Waals surface area contributed by atoms with Gasteiger partial charge in [-0.15, -0.1) is 0 Å². The first kappa shape index (κ1) is 23.2. The summed E-state index contributed by atoms with van der Waals surface area (Å²) in [7, 11) is -8.52. The van der Waals surface area contributed by atoms with Gasteiger partial charge in [-0.3, -0.25) is 19.6 Å². The van der Waals surface area contributed by atoms with Crippen LogP contribution in [0, 0.1) is 29.8 Å². The van der Waals surface area contributed by atoms with Gasteiger partial charge in [-0.2, -0.15) is 0 Å². The summed E-state index contributed by atoms with van der Waals surface area (Å²) in [5, 5.41) is 11.1. The molecule has 32 heavy (non-hydrogen) atoms. The van der Waals surface area contributed by atoms with E-state index in [1.807, 2.05) is 0 Å². The zero-order chi connectivity index (χ0) is 23.7. The van der Waals surface area contributed by atoms with E-state index in [-0.39, 0.29) is 32.4 Å². The summed E-state index contributed by atoms with van der Waals surface area (Å²) in [4.78, 5) is 9.84. The highest BCUT2D eigenvalue weighted by molar-refractivity contribution is 7.93. The summed E-state index contributed by atoms with van der Waals surface area (Å²) >= 11 is 0. The van der Waals surface area contributed by atoms with Gasteiger partial charge in [0.1, 0.15) is 5.82 Å². The van der Waals surface area contributed by atoms with Crippen LogP contribution in [0.25, 0.3) is 0 Å². The summed E-state index contributed by atoms with van der Waals surface area (Å²) in [6.07, 6.45) is 0. The normalized spacial score (nSPS) is 11.7. The third-order valence-corrected chi connectivity index (χ3v) is 7.62. The van der Waals surface area contributed by atoms with Crippen LogP contribution in [0.15, 0.2) is 70.5 Å². The molecule has 3 aromatic carbocycles. The maximum Gasteiger partial charge on any atom is 0.273 e. The summed E-state index contributed by atoms with van der Waals surface area (Å²) < 4.78 is 69.5. The molecule has 3 rings (SSSR count). The molecule has 0 unspecified atom stereocenters. The second kappa shape index (κ2) is 8.55.